The minimum absolute atomic E-state index is 0.00917. The molecule has 12 heteroatoms. The summed E-state index contributed by atoms with van der Waals surface area (Å²) in [6.07, 6.45) is -10.6. The van der Waals surface area contributed by atoms with E-state index in [2.05, 4.69) is 0 Å². The second-order valence-electron chi connectivity index (χ2n) is 5.55. The number of carboxylic acid groups (broad SMARTS) is 1. The molecular formula is C13H16F6N2O4. The molecule has 25 heavy (non-hydrogen) atoms. The van der Waals surface area contributed by atoms with Gasteiger partial charge in [0.2, 0.25) is 11.8 Å². The first kappa shape index (κ1) is 21.0. The molecule has 2 fully saturated rings. The Balaban J connectivity index is 0.000000257. The highest BCUT2D eigenvalue weighted by Crippen LogP contribution is 2.32. The molecule has 3 amide bonds. The molecule has 2 aliphatic heterocycles. The van der Waals surface area contributed by atoms with Gasteiger partial charge in [-0.2, -0.15) is 26.3 Å². The van der Waals surface area contributed by atoms with Crippen LogP contribution in [0.25, 0.3) is 0 Å². The van der Waals surface area contributed by atoms with Crippen LogP contribution in [0.5, 0.6) is 0 Å². The number of rotatable bonds is 0. The Morgan fingerprint density at radius 3 is 1.92 bits per heavy atom. The van der Waals surface area contributed by atoms with Crippen LogP contribution in [-0.2, 0) is 9.59 Å². The van der Waals surface area contributed by atoms with Crippen LogP contribution in [0.15, 0.2) is 0 Å². The number of hydrogen-bond acceptors (Lipinski definition) is 3. The van der Waals surface area contributed by atoms with Gasteiger partial charge >= 0.3 is 18.4 Å². The Labute approximate surface area is 138 Å². The molecule has 0 aromatic heterocycles. The molecule has 0 aliphatic carbocycles. The monoisotopic (exact) mass is 378 g/mol. The first-order valence-corrected chi connectivity index (χ1v) is 7.31. The Morgan fingerprint density at radius 2 is 1.56 bits per heavy atom. The minimum Gasteiger partial charge on any atom is -0.465 e. The third-order valence-electron chi connectivity index (χ3n) is 3.66. The number of piperidine rings is 2. The first-order chi connectivity index (χ1) is 11.3. The van der Waals surface area contributed by atoms with Gasteiger partial charge in [-0.05, 0) is 25.7 Å². The van der Waals surface area contributed by atoms with Crippen molar-refractivity contribution in [1.29, 1.82) is 0 Å². The van der Waals surface area contributed by atoms with Crippen molar-refractivity contribution >= 4 is 17.9 Å². The fraction of sp³-hybridized carbons (Fsp3) is 0.769. The number of amides is 3. The van der Waals surface area contributed by atoms with Crippen molar-refractivity contribution in [1.82, 2.24) is 10.2 Å². The van der Waals surface area contributed by atoms with E-state index in [9.17, 15) is 40.7 Å². The molecule has 2 saturated heterocycles. The van der Waals surface area contributed by atoms with Crippen LogP contribution in [0.3, 0.4) is 0 Å². The Hall–Kier alpha value is -2.01. The van der Waals surface area contributed by atoms with Gasteiger partial charge in [0.25, 0.3) is 0 Å². The summed E-state index contributed by atoms with van der Waals surface area (Å²) in [5.41, 5.74) is 0. The zero-order valence-corrected chi connectivity index (χ0v) is 12.8. The second-order valence-corrected chi connectivity index (χ2v) is 5.55. The van der Waals surface area contributed by atoms with E-state index < -0.39 is 42.3 Å². The third kappa shape index (κ3) is 6.09. The average molecular weight is 378 g/mol. The van der Waals surface area contributed by atoms with E-state index in [1.807, 2.05) is 5.32 Å². The summed E-state index contributed by atoms with van der Waals surface area (Å²) in [5.74, 6) is -1.48. The Morgan fingerprint density at radius 1 is 1.00 bits per heavy atom. The molecule has 144 valence electrons. The van der Waals surface area contributed by atoms with E-state index in [1.54, 1.807) is 0 Å². The summed E-state index contributed by atoms with van der Waals surface area (Å²) >= 11 is 0. The number of alkyl halides is 6. The molecule has 0 aromatic carbocycles. The highest BCUT2D eigenvalue weighted by molar-refractivity contribution is 5.92. The predicted molar refractivity (Wildman–Crippen MR) is 70.4 cm³/mol. The maximum atomic E-state index is 12.3. The van der Waals surface area contributed by atoms with Gasteiger partial charge in [-0.25, -0.2) is 9.69 Å². The SMILES string of the molecule is O=C(O)N1C(=O)CCCC1C(F)(F)F.O=C1CCCC(C(F)(F)F)N1. The molecular weight excluding hydrogens is 362 g/mol. The summed E-state index contributed by atoms with van der Waals surface area (Å²) in [4.78, 5) is 31.8. The lowest BCUT2D eigenvalue weighted by molar-refractivity contribution is -0.190. The van der Waals surface area contributed by atoms with Crippen molar-refractivity contribution in [2.24, 2.45) is 0 Å². The van der Waals surface area contributed by atoms with Crippen molar-refractivity contribution in [3.63, 3.8) is 0 Å². The summed E-state index contributed by atoms with van der Waals surface area (Å²) in [5, 5.41) is 10.3. The van der Waals surface area contributed by atoms with Crippen molar-refractivity contribution in [2.45, 2.75) is 63.0 Å². The standard InChI is InChI=1S/C7H8F3NO3.C6H8F3NO/c8-7(9,10)4-2-1-3-5(12)11(4)6(13)14;7-6(8,9)4-2-1-3-5(11)10-4/h4H,1-3H2,(H,13,14);4H,1-3H2,(H,10,11). The van der Waals surface area contributed by atoms with E-state index in [4.69, 9.17) is 5.11 Å². The van der Waals surface area contributed by atoms with Gasteiger partial charge in [0.05, 0.1) is 0 Å². The quantitative estimate of drug-likeness (QED) is 0.635. The number of carbonyl (C=O) groups excluding carboxylic acids is 2. The molecule has 2 atom stereocenters. The van der Waals surface area contributed by atoms with Crippen LogP contribution in [0.4, 0.5) is 31.1 Å². The highest BCUT2D eigenvalue weighted by atomic mass is 19.4. The smallest absolute Gasteiger partial charge is 0.414 e. The van der Waals surface area contributed by atoms with Gasteiger partial charge in [0, 0.05) is 12.8 Å². The fourth-order valence-corrected chi connectivity index (χ4v) is 2.47. The second kappa shape index (κ2) is 7.91. The fourth-order valence-electron chi connectivity index (χ4n) is 2.47. The highest BCUT2D eigenvalue weighted by Gasteiger charge is 2.49. The molecule has 0 radical (unpaired) electrons. The van der Waals surface area contributed by atoms with Crippen molar-refractivity contribution in [2.75, 3.05) is 0 Å². The zero-order chi connectivity index (χ0) is 19.4. The van der Waals surface area contributed by atoms with E-state index >= 15 is 0 Å². The van der Waals surface area contributed by atoms with E-state index in [0.29, 0.717) is 6.42 Å². The van der Waals surface area contributed by atoms with Gasteiger partial charge < -0.3 is 10.4 Å². The minimum atomic E-state index is -4.67. The van der Waals surface area contributed by atoms with E-state index in [0.717, 1.165) is 0 Å². The number of nitrogens with one attached hydrogen (secondary N) is 1. The van der Waals surface area contributed by atoms with E-state index in [1.165, 1.54) is 0 Å². The molecule has 2 rings (SSSR count). The zero-order valence-electron chi connectivity index (χ0n) is 12.8. The molecule has 2 N–H and O–H groups in total. The van der Waals surface area contributed by atoms with Gasteiger partial charge in [0.1, 0.15) is 12.1 Å². The maximum Gasteiger partial charge on any atom is 0.414 e. The van der Waals surface area contributed by atoms with Crippen molar-refractivity contribution in [3.05, 3.63) is 0 Å². The van der Waals surface area contributed by atoms with Gasteiger partial charge in [-0.1, -0.05) is 0 Å². The number of hydrogen-bond donors (Lipinski definition) is 2. The lowest BCUT2D eigenvalue weighted by atomic mass is 10.0. The van der Waals surface area contributed by atoms with Crippen LogP contribution < -0.4 is 5.32 Å². The maximum absolute atomic E-state index is 12.3. The largest absolute Gasteiger partial charge is 0.465 e. The lowest BCUT2D eigenvalue weighted by Crippen LogP contribution is -2.53. The third-order valence-corrected chi connectivity index (χ3v) is 3.66. The first-order valence-electron chi connectivity index (χ1n) is 7.31. The Kier molecular flexibility index (Phi) is 6.66. The summed E-state index contributed by atoms with van der Waals surface area (Å²) in [6, 6.07) is -3.80. The number of halogens is 6. The normalized spacial score (nSPS) is 25.0. The van der Waals surface area contributed by atoms with Crippen LogP contribution in [0.2, 0.25) is 0 Å². The van der Waals surface area contributed by atoms with Crippen molar-refractivity contribution < 1.29 is 45.8 Å². The van der Waals surface area contributed by atoms with Crippen molar-refractivity contribution in [3.8, 4) is 0 Å². The van der Waals surface area contributed by atoms with Crippen LogP contribution in [0.1, 0.15) is 38.5 Å². The van der Waals surface area contributed by atoms with Crippen LogP contribution >= 0.6 is 0 Å². The topological polar surface area (TPSA) is 86.7 Å². The van der Waals surface area contributed by atoms with Crippen LogP contribution in [-0.4, -0.2) is 52.4 Å². The molecule has 0 saturated carbocycles. The predicted octanol–water partition coefficient (Wildman–Crippen LogP) is 2.83. The molecule has 0 spiro atoms. The Bertz CT molecular complexity index is 520. The van der Waals surface area contributed by atoms with E-state index in [-0.39, 0.29) is 37.0 Å². The molecule has 6 nitrogen and oxygen atoms in total. The molecule has 2 heterocycles. The summed E-state index contributed by atoms with van der Waals surface area (Å²) in [7, 11) is 0. The molecule has 2 unspecified atom stereocenters. The van der Waals surface area contributed by atoms with Gasteiger partial charge in [-0.15, -0.1) is 0 Å². The van der Waals surface area contributed by atoms with Gasteiger partial charge in [-0.3, -0.25) is 9.59 Å². The lowest BCUT2D eigenvalue weighted by Gasteiger charge is -2.32. The van der Waals surface area contributed by atoms with Gasteiger partial charge in [0.15, 0.2) is 0 Å². The number of likely N-dealkylation sites (tertiary alicyclic amines) is 1. The number of carbonyl (C=O) groups is 3. The molecule has 0 aromatic rings. The summed E-state index contributed by atoms with van der Waals surface area (Å²) in [6.45, 7) is 0. The summed E-state index contributed by atoms with van der Waals surface area (Å²) < 4.78 is 72.5. The molecule has 0 bridgehead atoms. The number of nitrogens with zero attached hydrogens (tertiary/aromatic N) is 1. The average Bonchev–Trinajstić information content (AvgIpc) is 2.45. The number of imide groups is 1. The molecule has 2 aliphatic rings. The van der Waals surface area contributed by atoms with Crippen LogP contribution in [0, 0.1) is 0 Å².